The standard InChI is InChI=1S/C14H19BrO2S/c1-10-3-6-14(17-2,7-4-10)13(16)9-12-11(15)5-8-18-12/h5,8,10H,3-4,6-7,9H2,1-2H3. The maximum absolute atomic E-state index is 12.5. The molecule has 100 valence electrons. The van der Waals surface area contributed by atoms with Gasteiger partial charge in [0.1, 0.15) is 5.60 Å². The Morgan fingerprint density at radius 1 is 1.56 bits per heavy atom. The first-order valence-electron chi connectivity index (χ1n) is 6.38. The summed E-state index contributed by atoms with van der Waals surface area (Å²) in [7, 11) is 1.68. The van der Waals surface area contributed by atoms with Gasteiger partial charge in [-0.05, 0) is 59.0 Å². The summed E-state index contributed by atoms with van der Waals surface area (Å²) in [5, 5.41) is 2.01. The molecule has 0 radical (unpaired) electrons. The number of hydrogen-bond acceptors (Lipinski definition) is 3. The van der Waals surface area contributed by atoms with Crippen molar-refractivity contribution in [1.82, 2.24) is 0 Å². The third-order valence-corrected chi connectivity index (χ3v) is 5.92. The quantitative estimate of drug-likeness (QED) is 0.826. The van der Waals surface area contributed by atoms with Gasteiger partial charge in [0, 0.05) is 22.9 Å². The van der Waals surface area contributed by atoms with E-state index in [1.54, 1.807) is 18.4 Å². The summed E-state index contributed by atoms with van der Waals surface area (Å²) in [5.41, 5.74) is -0.532. The van der Waals surface area contributed by atoms with E-state index in [4.69, 9.17) is 4.74 Å². The Labute approximate surface area is 121 Å². The topological polar surface area (TPSA) is 26.3 Å². The minimum Gasteiger partial charge on any atom is -0.370 e. The molecule has 1 fully saturated rings. The van der Waals surface area contributed by atoms with E-state index in [0.717, 1.165) is 41.0 Å². The van der Waals surface area contributed by atoms with Gasteiger partial charge in [-0.15, -0.1) is 11.3 Å². The van der Waals surface area contributed by atoms with Crippen molar-refractivity contribution in [3.8, 4) is 0 Å². The normalized spacial score (nSPS) is 28.3. The summed E-state index contributed by atoms with van der Waals surface area (Å²) >= 11 is 5.11. The van der Waals surface area contributed by atoms with Crippen molar-refractivity contribution < 1.29 is 9.53 Å². The molecule has 2 nitrogen and oxygen atoms in total. The molecule has 2 rings (SSSR count). The van der Waals surface area contributed by atoms with Gasteiger partial charge >= 0.3 is 0 Å². The zero-order chi connectivity index (χ0) is 13.2. The lowest BCUT2D eigenvalue weighted by molar-refractivity contribution is -0.145. The van der Waals surface area contributed by atoms with Crippen LogP contribution in [0.15, 0.2) is 15.9 Å². The monoisotopic (exact) mass is 330 g/mol. The van der Waals surface area contributed by atoms with Crippen LogP contribution in [0.2, 0.25) is 0 Å². The Balaban J connectivity index is 2.08. The van der Waals surface area contributed by atoms with Gasteiger partial charge in [-0.3, -0.25) is 4.79 Å². The molecule has 1 heterocycles. The van der Waals surface area contributed by atoms with Crippen molar-refractivity contribution in [1.29, 1.82) is 0 Å². The second-order valence-corrected chi connectivity index (χ2v) is 7.03. The predicted octanol–water partition coefficient (Wildman–Crippen LogP) is 4.22. The molecule has 0 atom stereocenters. The van der Waals surface area contributed by atoms with E-state index in [9.17, 15) is 4.79 Å². The Bertz CT molecular complexity index is 419. The summed E-state index contributed by atoms with van der Waals surface area (Å²) in [4.78, 5) is 13.6. The first-order valence-corrected chi connectivity index (χ1v) is 8.05. The van der Waals surface area contributed by atoms with E-state index < -0.39 is 5.60 Å². The van der Waals surface area contributed by atoms with E-state index in [2.05, 4.69) is 22.9 Å². The first-order chi connectivity index (χ1) is 8.57. The highest BCUT2D eigenvalue weighted by Crippen LogP contribution is 2.36. The van der Waals surface area contributed by atoms with Gasteiger partial charge < -0.3 is 4.74 Å². The molecule has 0 aliphatic heterocycles. The van der Waals surface area contributed by atoms with Crippen LogP contribution < -0.4 is 0 Å². The zero-order valence-electron chi connectivity index (χ0n) is 10.9. The molecule has 0 saturated heterocycles. The summed E-state index contributed by atoms with van der Waals surface area (Å²) < 4.78 is 6.66. The average Bonchev–Trinajstić information content (AvgIpc) is 2.76. The van der Waals surface area contributed by atoms with Crippen LogP contribution in [0.4, 0.5) is 0 Å². The third-order valence-electron chi connectivity index (χ3n) is 3.99. The molecule has 18 heavy (non-hydrogen) atoms. The van der Waals surface area contributed by atoms with Gasteiger partial charge in [0.2, 0.25) is 0 Å². The number of Topliss-reactive ketones (excluding diaryl/α,β-unsaturated/α-hetero) is 1. The smallest absolute Gasteiger partial charge is 0.169 e. The molecule has 1 aromatic heterocycles. The lowest BCUT2D eigenvalue weighted by Gasteiger charge is -2.36. The van der Waals surface area contributed by atoms with E-state index in [1.807, 2.05) is 11.4 Å². The number of carbonyl (C=O) groups is 1. The fraction of sp³-hybridized carbons (Fsp3) is 0.643. The van der Waals surface area contributed by atoms with Crippen LogP contribution >= 0.6 is 27.3 Å². The highest BCUT2D eigenvalue weighted by molar-refractivity contribution is 9.10. The second-order valence-electron chi connectivity index (χ2n) is 5.17. The lowest BCUT2D eigenvalue weighted by atomic mass is 9.76. The number of thiophene rings is 1. The number of carbonyl (C=O) groups excluding carboxylic acids is 1. The first kappa shape index (κ1) is 14.2. The maximum Gasteiger partial charge on any atom is 0.169 e. The van der Waals surface area contributed by atoms with E-state index >= 15 is 0 Å². The summed E-state index contributed by atoms with van der Waals surface area (Å²) in [6.07, 6.45) is 4.40. The summed E-state index contributed by atoms with van der Waals surface area (Å²) in [6, 6.07) is 2.00. The highest BCUT2D eigenvalue weighted by atomic mass is 79.9. The Hall–Kier alpha value is -0.190. The van der Waals surface area contributed by atoms with Gasteiger partial charge in [-0.2, -0.15) is 0 Å². The van der Waals surface area contributed by atoms with Crippen molar-refractivity contribution in [2.75, 3.05) is 7.11 Å². The Morgan fingerprint density at radius 3 is 2.72 bits per heavy atom. The minimum absolute atomic E-state index is 0.236. The van der Waals surface area contributed by atoms with Gasteiger partial charge in [-0.1, -0.05) is 6.92 Å². The number of hydrogen-bond donors (Lipinski definition) is 0. The largest absolute Gasteiger partial charge is 0.370 e. The molecule has 1 aliphatic rings. The number of rotatable bonds is 4. The fourth-order valence-corrected chi connectivity index (χ4v) is 4.07. The molecule has 0 amide bonds. The van der Waals surface area contributed by atoms with Crippen LogP contribution in [0.25, 0.3) is 0 Å². The Kier molecular flexibility index (Phi) is 4.62. The molecule has 0 N–H and O–H groups in total. The predicted molar refractivity (Wildman–Crippen MR) is 78.1 cm³/mol. The van der Waals surface area contributed by atoms with Crippen molar-refractivity contribution in [2.24, 2.45) is 5.92 Å². The van der Waals surface area contributed by atoms with E-state index in [-0.39, 0.29) is 5.78 Å². The van der Waals surface area contributed by atoms with Crippen LogP contribution in [0.3, 0.4) is 0 Å². The second kappa shape index (κ2) is 5.85. The van der Waals surface area contributed by atoms with Gasteiger partial charge in [0.15, 0.2) is 5.78 Å². The molecule has 1 saturated carbocycles. The number of methoxy groups -OCH3 is 1. The summed E-state index contributed by atoms with van der Waals surface area (Å²) in [5.74, 6) is 0.953. The van der Waals surface area contributed by atoms with Crippen molar-refractivity contribution in [2.45, 2.75) is 44.6 Å². The van der Waals surface area contributed by atoms with Crippen LogP contribution in [0, 0.1) is 5.92 Å². The Morgan fingerprint density at radius 2 is 2.22 bits per heavy atom. The third kappa shape index (κ3) is 2.86. The van der Waals surface area contributed by atoms with E-state index in [0.29, 0.717) is 6.42 Å². The highest BCUT2D eigenvalue weighted by Gasteiger charge is 2.40. The van der Waals surface area contributed by atoms with Crippen molar-refractivity contribution >= 4 is 33.0 Å². The molecule has 1 aliphatic carbocycles. The molecule has 0 aromatic carbocycles. The van der Waals surface area contributed by atoms with Crippen LogP contribution in [0.5, 0.6) is 0 Å². The molecule has 0 spiro atoms. The van der Waals surface area contributed by atoms with Gasteiger partial charge in [0.25, 0.3) is 0 Å². The molecule has 0 bridgehead atoms. The van der Waals surface area contributed by atoms with Crippen LogP contribution in [-0.4, -0.2) is 18.5 Å². The molecule has 4 heteroatoms. The molecule has 1 aromatic rings. The minimum atomic E-state index is -0.532. The van der Waals surface area contributed by atoms with Gasteiger partial charge in [-0.25, -0.2) is 0 Å². The summed E-state index contributed by atoms with van der Waals surface area (Å²) in [6.45, 7) is 2.25. The number of halogens is 1. The van der Waals surface area contributed by atoms with Crippen molar-refractivity contribution in [3.05, 3.63) is 20.8 Å². The number of ether oxygens (including phenoxy) is 1. The van der Waals surface area contributed by atoms with Crippen molar-refractivity contribution in [3.63, 3.8) is 0 Å². The van der Waals surface area contributed by atoms with Crippen LogP contribution in [0.1, 0.15) is 37.5 Å². The molecular formula is C14H19BrO2S. The lowest BCUT2D eigenvalue weighted by Crippen LogP contribution is -2.44. The molecular weight excluding hydrogens is 312 g/mol. The molecule has 0 unspecified atom stereocenters. The van der Waals surface area contributed by atoms with Crippen LogP contribution in [-0.2, 0) is 16.0 Å². The zero-order valence-corrected chi connectivity index (χ0v) is 13.3. The maximum atomic E-state index is 12.5. The number of ketones is 1. The fourth-order valence-electron chi connectivity index (χ4n) is 2.58. The van der Waals surface area contributed by atoms with Gasteiger partial charge in [0.05, 0.1) is 0 Å². The SMILES string of the molecule is COC1(C(=O)Cc2sccc2Br)CCC(C)CC1. The average molecular weight is 331 g/mol. The van der Waals surface area contributed by atoms with E-state index in [1.165, 1.54) is 0 Å².